The van der Waals surface area contributed by atoms with Crippen molar-refractivity contribution in [2.45, 2.75) is 22.1 Å². The van der Waals surface area contributed by atoms with Crippen LogP contribution in [-0.4, -0.2) is 16.2 Å². The van der Waals surface area contributed by atoms with E-state index in [1.54, 1.807) is 11.3 Å². The zero-order chi connectivity index (χ0) is 20.8. The van der Waals surface area contributed by atoms with Crippen LogP contribution in [0, 0.1) is 0 Å². The van der Waals surface area contributed by atoms with Crippen molar-refractivity contribution >= 4 is 82.8 Å². The lowest BCUT2D eigenvalue weighted by molar-refractivity contribution is 0.893. The van der Waals surface area contributed by atoms with E-state index in [4.69, 9.17) is 10.7 Å². The van der Waals surface area contributed by atoms with Gasteiger partial charge in [0, 0.05) is 19.1 Å². The molecule has 0 spiro atoms. The van der Waals surface area contributed by atoms with Gasteiger partial charge in [0.1, 0.15) is 10.6 Å². The van der Waals surface area contributed by atoms with E-state index in [2.05, 4.69) is 85.4 Å². The van der Waals surface area contributed by atoms with E-state index in [0.717, 1.165) is 30.7 Å². The topological polar surface area (TPSA) is 51.8 Å². The molecule has 3 nitrogen and oxygen atoms in total. The molecule has 0 radical (unpaired) electrons. The summed E-state index contributed by atoms with van der Waals surface area (Å²) in [6.45, 7) is 0. The van der Waals surface area contributed by atoms with Gasteiger partial charge < -0.3 is 5.73 Å². The van der Waals surface area contributed by atoms with E-state index >= 15 is 0 Å². The Kier molecular flexibility index (Phi) is 5.88. The van der Waals surface area contributed by atoms with Crippen LogP contribution in [-0.2, 0) is 6.42 Å². The minimum absolute atomic E-state index is 0.242. The number of nitrogen functional groups attached to an aromatic ring is 1. The second-order valence-electron chi connectivity index (χ2n) is 7.03. The molecule has 1 aliphatic heterocycles. The minimum Gasteiger partial charge on any atom is -0.383 e. The average Bonchev–Trinajstić information content (AvgIpc) is 3.13. The van der Waals surface area contributed by atoms with Gasteiger partial charge in [-0.15, -0.1) is 23.1 Å². The van der Waals surface area contributed by atoms with Crippen molar-refractivity contribution in [2.75, 3.05) is 12.0 Å². The number of hydrogen-bond donors (Lipinski definition) is 1. The molecule has 2 aromatic carbocycles. The first-order valence-corrected chi connectivity index (χ1v) is 13.9. The van der Waals surface area contributed by atoms with E-state index in [0.29, 0.717) is 11.1 Å². The fourth-order valence-corrected chi connectivity index (χ4v) is 7.77. The smallest absolute Gasteiger partial charge is 0.190 e. The summed E-state index contributed by atoms with van der Waals surface area (Å²) in [5.41, 5.74) is 10.4. The van der Waals surface area contributed by atoms with Gasteiger partial charge >= 0.3 is 0 Å². The number of fused-ring (bicyclic) bond motifs is 3. The molecule has 3 heterocycles. The third kappa shape index (κ3) is 3.81. The van der Waals surface area contributed by atoms with Crippen LogP contribution < -0.4 is 5.73 Å². The number of hydrogen-bond acceptors (Lipinski definition) is 6. The monoisotopic (exact) mass is 577 g/mol. The second-order valence-corrected chi connectivity index (χ2v) is 12.0. The number of nitrogens with two attached hydrogens (primary N) is 1. The highest BCUT2D eigenvalue weighted by Crippen LogP contribution is 2.56. The summed E-state index contributed by atoms with van der Waals surface area (Å²) in [5, 5.41) is 2.36. The Morgan fingerprint density at radius 1 is 0.967 bits per heavy atom. The van der Waals surface area contributed by atoms with Crippen molar-refractivity contribution in [1.29, 1.82) is 0 Å². The van der Waals surface area contributed by atoms with Gasteiger partial charge in [-0.25, -0.2) is 9.97 Å². The van der Waals surface area contributed by atoms with Crippen molar-refractivity contribution in [1.82, 2.24) is 9.97 Å². The van der Waals surface area contributed by atoms with E-state index in [1.165, 1.54) is 33.3 Å². The molecule has 5 rings (SSSR count). The number of anilines is 1. The molecular weight excluding hydrogens is 562 g/mol. The lowest BCUT2D eigenvalue weighted by Gasteiger charge is -2.30. The summed E-state index contributed by atoms with van der Waals surface area (Å²) >= 11 is 12.4. The third-order valence-corrected chi connectivity index (χ3v) is 9.71. The predicted molar refractivity (Wildman–Crippen MR) is 138 cm³/mol. The summed E-state index contributed by atoms with van der Waals surface area (Å²) < 4.78 is 2.19. The molecule has 2 unspecified atom stereocenters. The van der Waals surface area contributed by atoms with Crippen molar-refractivity contribution in [3.8, 4) is 0 Å². The lowest BCUT2D eigenvalue weighted by atomic mass is 9.98. The van der Waals surface area contributed by atoms with E-state index in [1.807, 2.05) is 18.0 Å². The second kappa shape index (κ2) is 8.47. The van der Waals surface area contributed by atoms with Gasteiger partial charge in [-0.1, -0.05) is 67.9 Å². The zero-order valence-electron chi connectivity index (χ0n) is 15.9. The summed E-state index contributed by atoms with van der Waals surface area (Å²) in [6, 6.07) is 17.3. The van der Waals surface area contributed by atoms with Gasteiger partial charge in [0.25, 0.3) is 0 Å². The molecule has 0 amide bonds. The molecule has 0 fully saturated rings. The van der Waals surface area contributed by atoms with Crippen LogP contribution in [0.1, 0.15) is 32.1 Å². The van der Waals surface area contributed by atoms with Crippen molar-refractivity contribution in [2.24, 2.45) is 0 Å². The number of nitrogens with zero attached hydrogens (tertiary/aromatic N) is 2. The van der Waals surface area contributed by atoms with E-state index in [-0.39, 0.29) is 5.25 Å². The van der Waals surface area contributed by atoms with Crippen molar-refractivity contribution in [3.63, 3.8) is 0 Å². The molecule has 2 aromatic heterocycles. The molecule has 2 atom stereocenters. The molecule has 0 aliphatic carbocycles. The maximum atomic E-state index is 6.43. The Morgan fingerprint density at radius 3 is 2.23 bits per heavy atom. The molecule has 4 aromatic rings. The molecule has 0 saturated heterocycles. The molecule has 30 heavy (non-hydrogen) atoms. The maximum absolute atomic E-state index is 6.43. The van der Waals surface area contributed by atoms with Crippen LogP contribution in [0.3, 0.4) is 0 Å². The number of benzene rings is 2. The Bertz CT molecular complexity index is 1220. The molecule has 0 saturated carbocycles. The Labute approximate surface area is 204 Å². The minimum atomic E-state index is 0.242. The third-order valence-electron chi connectivity index (χ3n) is 5.21. The molecular formula is C22H17Br2N3S3. The highest BCUT2D eigenvalue weighted by molar-refractivity contribution is 9.10. The molecule has 8 heteroatoms. The zero-order valence-corrected chi connectivity index (χ0v) is 21.6. The average molecular weight is 579 g/mol. The number of halogens is 2. The van der Waals surface area contributed by atoms with Gasteiger partial charge in [0.05, 0.1) is 10.6 Å². The first kappa shape index (κ1) is 20.8. The molecule has 2 N–H and O–H groups in total. The van der Waals surface area contributed by atoms with Gasteiger partial charge in [-0.3, -0.25) is 0 Å². The van der Waals surface area contributed by atoms with Crippen molar-refractivity contribution < 1.29 is 0 Å². The quantitative estimate of drug-likeness (QED) is 0.200. The number of thioether (sulfide) groups is 2. The molecule has 1 aliphatic rings. The van der Waals surface area contributed by atoms with Crippen LogP contribution in [0.2, 0.25) is 0 Å². The lowest BCUT2D eigenvalue weighted by Crippen LogP contribution is -2.12. The SMILES string of the molecule is CSc1nc(N)c2c3c(sc2n1)C(c1ccc(Br)cc1)SC(c1ccc(Br)cc1)C3. The first-order chi connectivity index (χ1) is 14.5. The van der Waals surface area contributed by atoms with Crippen molar-refractivity contribution in [3.05, 3.63) is 79.0 Å². The molecule has 152 valence electrons. The van der Waals surface area contributed by atoms with Gasteiger partial charge in [-0.05, 0) is 53.6 Å². The van der Waals surface area contributed by atoms with E-state index in [9.17, 15) is 0 Å². The largest absolute Gasteiger partial charge is 0.383 e. The van der Waals surface area contributed by atoms with Crippen LogP contribution in [0.5, 0.6) is 0 Å². The molecule has 0 bridgehead atoms. The summed E-state index contributed by atoms with van der Waals surface area (Å²) in [7, 11) is 0. The Balaban J connectivity index is 1.69. The highest BCUT2D eigenvalue weighted by atomic mass is 79.9. The normalized spacial score (nSPS) is 18.5. The fourth-order valence-electron chi connectivity index (χ4n) is 3.79. The first-order valence-electron chi connectivity index (χ1n) is 9.32. The van der Waals surface area contributed by atoms with Crippen LogP contribution in [0.25, 0.3) is 10.2 Å². The van der Waals surface area contributed by atoms with Gasteiger partial charge in [-0.2, -0.15) is 0 Å². The van der Waals surface area contributed by atoms with Gasteiger partial charge in [0.2, 0.25) is 0 Å². The summed E-state index contributed by atoms with van der Waals surface area (Å²) in [5.74, 6) is 0.595. The standard InChI is InChI=1S/C22H17Br2N3S3/c1-28-22-26-20(25)17-15-10-16(11-2-6-13(23)7-3-11)29-18(19(15)30-21(17)27-22)12-4-8-14(24)9-5-12/h2-9,16,18H,10H2,1H3,(H2,25,26,27). The van der Waals surface area contributed by atoms with Crippen LogP contribution >= 0.6 is 66.7 Å². The highest BCUT2D eigenvalue weighted by Gasteiger charge is 2.34. The van der Waals surface area contributed by atoms with Gasteiger partial charge in [0.15, 0.2) is 5.16 Å². The summed E-state index contributed by atoms with van der Waals surface area (Å²) in [6.07, 6.45) is 2.92. The van der Waals surface area contributed by atoms with Crippen LogP contribution in [0.15, 0.2) is 62.6 Å². The predicted octanol–water partition coefficient (Wildman–Crippen LogP) is 7.64. The van der Waals surface area contributed by atoms with Crippen LogP contribution in [0.4, 0.5) is 5.82 Å². The van der Waals surface area contributed by atoms with E-state index < -0.39 is 0 Å². The Hall–Kier alpha value is -1.06. The number of rotatable bonds is 3. The maximum Gasteiger partial charge on any atom is 0.190 e. The number of aromatic nitrogens is 2. The Morgan fingerprint density at radius 2 is 1.60 bits per heavy atom. The number of thiophene rings is 1. The fraction of sp³-hybridized carbons (Fsp3) is 0.182. The summed E-state index contributed by atoms with van der Waals surface area (Å²) in [4.78, 5) is 11.7.